The molecule has 7 nitrogen and oxygen atoms in total. The van der Waals surface area contributed by atoms with Crippen molar-refractivity contribution in [2.45, 2.75) is 12.8 Å². The number of hydrogen-bond donors (Lipinski definition) is 0. The number of nitrogens with zero attached hydrogens (tertiary/aromatic N) is 7. The lowest BCUT2D eigenvalue weighted by molar-refractivity contribution is 1.01. The van der Waals surface area contributed by atoms with Crippen LogP contribution in [0.4, 0.5) is 0 Å². The summed E-state index contributed by atoms with van der Waals surface area (Å²) >= 11 is 0. The predicted octanol–water partition coefficient (Wildman–Crippen LogP) is 12.0. The van der Waals surface area contributed by atoms with Gasteiger partial charge in [0.1, 0.15) is 0 Å². The summed E-state index contributed by atoms with van der Waals surface area (Å²) in [4.78, 5) is 34.8. The van der Waals surface area contributed by atoms with Gasteiger partial charge in [0.2, 0.25) is 0 Å². The fourth-order valence-electron chi connectivity index (χ4n) is 7.20. The zero-order chi connectivity index (χ0) is 38.7. The van der Waals surface area contributed by atoms with Crippen molar-refractivity contribution in [2.24, 2.45) is 0 Å². The van der Waals surface area contributed by atoms with E-state index in [9.17, 15) is 0 Å². The molecule has 10 rings (SSSR count). The highest BCUT2D eigenvalue weighted by Crippen LogP contribution is 2.34. The topological polar surface area (TPSA) is 90.2 Å². The minimum Gasteiger partial charge on any atom is -0.247 e. The summed E-state index contributed by atoms with van der Waals surface area (Å²) in [6.45, 7) is 0. The van der Waals surface area contributed by atoms with Crippen molar-refractivity contribution in [1.82, 2.24) is 34.9 Å². The standard InChI is InChI=1S/C51H35N7/c1-5-15-36(16-6-1)46-53-47(37-17-7-2-8-18-37)56-50(55-46)40-29-25-34(26-30-40)44-33-42-23-13-14-24-43(42)45(52-44)35-27-31-41(32-28-35)51-57-48(38-19-9-3-10-20-38)54-49(58-51)39-21-11-4-12-22-39/h1,3-7,9-33H,2,8H2. The van der Waals surface area contributed by atoms with Gasteiger partial charge in [0.15, 0.2) is 34.9 Å². The van der Waals surface area contributed by atoms with Crippen LogP contribution >= 0.6 is 0 Å². The molecular weight excluding hydrogens is 711 g/mol. The number of fused-ring (bicyclic) bond motifs is 1. The summed E-state index contributed by atoms with van der Waals surface area (Å²) < 4.78 is 0. The Morgan fingerprint density at radius 2 is 0.741 bits per heavy atom. The van der Waals surface area contributed by atoms with Crippen molar-refractivity contribution in [1.29, 1.82) is 0 Å². The molecule has 0 amide bonds. The van der Waals surface area contributed by atoms with Crippen LogP contribution < -0.4 is 0 Å². The smallest absolute Gasteiger partial charge is 0.164 e. The van der Waals surface area contributed by atoms with Crippen molar-refractivity contribution < 1.29 is 0 Å². The Bertz CT molecular complexity index is 2900. The first-order chi connectivity index (χ1) is 28.7. The lowest BCUT2D eigenvalue weighted by Crippen LogP contribution is -2.03. The van der Waals surface area contributed by atoms with E-state index in [-0.39, 0.29) is 0 Å². The summed E-state index contributed by atoms with van der Waals surface area (Å²) in [6.07, 6.45) is 8.47. The molecule has 9 aromatic rings. The molecule has 0 saturated heterocycles. The number of hydrogen-bond acceptors (Lipinski definition) is 7. The third-order valence-electron chi connectivity index (χ3n) is 10.2. The van der Waals surface area contributed by atoms with Crippen LogP contribution in [0.2, 0.25) is 0 Å². The van der Waals surface area contributed by atoms with Gasteiger partial charge in [-0.3, -0.25) is 0 Å². The zero-order valence-corrected chi connectivity index (χ0v) is 31.4. The Balaban J connectivity index is 1.00. The number of rotatable bonds is 8. The summed E-state index contributed by atoms with van der Waals surface area (Å²) in [5, 5.41) is 2.18. The Morgan fingerprint density at radius 3 is 1.22 bits per heavy atom. The Hall–Kier alpha value is -7.77. The van der Waals surface area contributed by atoms with Crippen LogP contribution in [0.1, 0.15) is 18.7 Å². The Labute approximate surface area is 336 Å². The molecule has 0 fully saturated rings. The number of allylic oxidation sites excluding steroid dienone is 4. The number of aromatic nitrogens is 7. The minimum absolute atomic E-state index is 0.610. The van der Waals surface area contributed by atoms with Gasteiger partial charge >= 0.3 is 0 Å². The van der Waals surface area contributed by atoms with E-state index in [1.165, 1.54) is 0 Å². The quantitative estimate of drug-likeness (QED) is 0.153. The molecule has 0 saturated carbocycles. The number of pyridine rings is 1. The maximum atomic E-state index is 5.29. The lowest BCUT2D eigenvalue weighted by Gasteiger charge is -2.12. The zero-order valence-electron chi connectivity index (χ0n) is 31.4. The fraction of sp³-hybridized carbons (Fsp3) is 0.0392. The predicted molar refractivity (Wildman–Crippen MR) is 233 cm³/mol. The maximum absolute atomic E-state index is 5.29. The maximum Gasteiger partial charge on any atom is 0.164 e. The van der Waals surface area contributed by atoms with E-state index >= 15 is 0 Å². The van der Waals surface area contributed by atoms with Gasteiger partial charge in [0.25, 0.3) is 0 Å². The van der Waals surface area contributed by atoms with E-state index in [0.29, 0.717) is 34.9 Å². The largest absolute Gasteiger partial charge is 0.247 e. The van der Waals surface area contributed by atoms with Crippen molar-refractivity contribution in [3.05, 3.63) is 194 Å². The number of benzene rings is 6. The second-order valence-electron chi connectivity index (χ2n) is 14.1. The van der Waals surface area contributed by atoms with Crippen molar-refractivity contribution >= 4 is 16.3 Å². The third kappa shape index (κ3) is 7.08. The van der Waals surface area contributed by atoms with Crippen molar-refractivity contribution in [3.63, 3.8) is 0 Å². The van der Waals surface area contributed by atoms with E-state index in [2.05, 4.69) is 97.1 Å². The molecule has 0 spiro atoms. The summed E-state index contributed by atoms with van der Waals surface area (Å²) in [7, 11) is 0. The lowest BCUT2D eigenvalue weighted by atomic mass is 9.99. The van der Waals surface area contributed by atoms with Crippen LogP contribution in [0.5, 0.6) is 0 Å². The molecule has 0 aliphatic heterocycles. The normalized spacial score (nSPS) is 12.4. The van der Waals surface area contributed by atoms with Crippen molar-refractivity contribution in [3.8, 4) is 79.5 Å². The van der Waals surface area contributed by atoms with E-state index in [1.54, 1.807) is 0 Å². The third-order valence-corrected chi connectivity index (χ3v) is 10.2. The van der Waals surface area contributed by atoms with E-state index < -0.39 is 0 Å². The first-order valence-electron chi connectivity index (χ1n) is 19.4. The van der Waals surface area contributed by atoms with Gasteiger partial charge in [-0.25, -0.2) is 34.9 Å². The molecule has 58 heavy (non-hydrogen) atoms. The van der Waals surface area contributed by atoms with Gasteiger partial charge in [-0.05, 0) is 24.3 Å². The highest BCUT2D eigenvalue weighted by molar-refractivity contribution is 5.97. The Kier molecular flexibility index (Phi) is 9.21. The molecule has 1 aliphatic rings. The van der Waals surface area contributed by atoms with Crippen LogP contribution in [0, 0.1) is 0 Å². The molecule has 6 aromatic carbocycles. The van der Waals surface area contributed by atoms with E-state index in [0.717, 1.165) is 79.5 Å². The molecule has 0 N–H and O–H groups in total. The molecule has 0 unspecified atom stereocenters. The van der Waals surface area contributed by atoms with Gasteiger partial charge in [0.05, 0.1) is 11.4 Å². The van der Waals surface area contributed by atoms with E-state index in [1.807, 2.05) is 91.0 Å². The van der Waals surface area contributed by atoms with Gasteiger partial charge in [-0.1, -0.05) is 182 Å². The SMILES string of the molecule is C1=CC(c2nc(-c3ccccc3)nc(-c3ccc(-c4cc5ccccc5c(-c5ccc(-c6nc(-c7ccccc7)nc(-c7ccccc7)n6)cc5)n4)cc3)n2)=CCC1. The minimum atomic E-state index is 0.610. The van der Waals surface area contributed by atoms with Crippen LogP contribution in [-0.4, -0.2) is 34.9 Å². The first-order valence-corrected chi connectivity index (χ1v) is 19.4. The van der Waals surface area contributed by atoms with Crippen LogP contribution in [0.3, 0.4) is 0 Å². The summed E-state index contributed by atoms with van der Waals surface area (Å²) in [5.41, 5.74) is 9.41. The summed E-state index contributed by atoms with van der Waals surface area (Å²) in [6, 6.07) is 57.3. The fourth-order valence-corrected chi connectivity index (χ4v) is 7.20. The molecule has 274 valence electrons. The highest BCUT2D eigenvalue weighted by Gasteiger charge is 2.16. The highest BCUT2D eigenvalue weighted by atomic mass is 15.0. The molecule has 1 aliphatic carbocycles. The molecule has 7 heteroatoms. The molecule has 3 aromatic heterocycles. The van der Waals surface area contributed by atoms with Crippen molar-refractivity contribution in [2.75, 3.05) is 0 Å². The van der Waals surface area contributed by atoms with Gasteiger partial charge < -0.3 is 0 Å². The van der Waals surface area contributed by atoms with Gasteiger partial charge in [0, 0.05) is 49.9 Å². The second-order valence-corrected chi connectivity index (χ2v) is 14.1. The van der Waals surface area contributed by atoms with E-state index in [4.69, 9.17) is 34.9 Å². The first kappa shape index (κ1) is 34.7. The van der Waals surface area contributed by atoms with Gasteiger partial charge in [-0.15, -0.1) is 0 Å². The monoisotopic (exact) mass is 745 g/mol. The summed E-state index contributed by atoms with van der Waals surface area (Å²) in [5.74, 6) is 3.84. The molecule has 3 heterocycles. The average Bonchev–Trinajstić information content (AvgIpc) is 3.32. The second kappa shape index (κ2) is 15.4. The Morgan fingerprint density at radius 1 is 0.328 bits per heavy atom. The molecule has 0 bridgehead atoms. The van der Waals surface area contributed by atoms with Crippen LogP contribution in [0.15, 0.2) is 188 Å². The van der Waals surface area contributed by atoms with Crippen LogP contribution in [0.25, 0.3) is 95.8 Å². The molecular formula is C51H35N7. The average molecular weight is 746 g/mol. The molecule has 0 radical (unpaired) electrons. The van der Waals surface area contributed by atoms with Crippen LogP contribution in [-0.2, 0) is 0 Å². The molecule has 0 atom stereocenters. The van der Waals surface area contributed by atoms with Gasteiger partial charge in [-0.2, -0.15) is 0 Å².